The molecule has 2 rings (SSSR count). The summed E-state index contributed by atoms with van der Waals surface area (Å²) in [4.78, 5) is 6.64. The lowest BCUT2D eigenvalue weighted by molar-refractivity contribution is 0.309. The van der Waals surface area contributed by atoms with Crippen LogP contribution in [-0.2, 0) is 0 Å². The zero-order valence-corrected chi connectivity index (χ0v) is 10.7. The standard InChI is InChI=1S/C15H18N2O/c1-3-7-13(16-4-2)12-17-10-11-18-15-9-6-5-8-14(15)17/h3-9H,1,10-12H2,2H3/b13-7-,16-4?. The van der Waals surface area contributed by atoms with Crippen molar-refractivity contribution >= 4 is 11.9 Å². The van der Waals surface area contributed by atoms with Crippen LogP contribution in [0.5, 0.6) is 5.75 Å². The fourth-order valence-electron chi connectivity index (χ4n) is 2.02. The number of ether oxygens (including phenoxy) is 1. The predicted octanol–water partition coefficient (Wildman–Crippen LogP) is 3.05. The van der Waals surface area contributed by atoms with E-state index in [9.17, 15) is 0 Å². The Hall–Kier alpha value is -2.03. The quantitative estimate of drug-likeness (QED) is 0.599. The molecule has 0 fully saturated rings. The molecule has 94 valence electrons. The highest BCUT2D eigenvalue weighted by molar-refractivity contribution is 5.61. The third-order valence-electron chi connectivity index (χ3n) is 2.78. The predicted molar refractivity (Wildman–Crippen MR) is 76.6 cm³/mol. The normalized spacial score (nSPS) is 15.4. The van der Waals surface area contributed by atoms with Crippen LogP contribution < -0.4 is 9.64 Å². The zero-order valence-electron chi connectivity index (χ0n) is 10.7. The summed E-state index contributed by atoms with van der Waals surface area (Å²) in [5.41, 5.74) is 2.13. The Balaban J connectivity index is 2.20. The SMILES string of the molecule is C=C/C=C(/CN1CCOc2ccccc21)N=CC. The van der Waals surface area contributed by atoms with Gasteiger partial charge in [-0.2, -0.15) is 0 Å². The molecule has 1 heterocycles. The highest BCUT2D eigenvalue weighted by atomic mass is 16.5. The smallest absolute Gasteiger partial charge is 0.142 e. The summed E-state index contributed by atoms with van der Waals surface area (Å²) in [6.07, 6.45) is 5.52. The summed E-state index contributed by atoms with van der Waals surface area (Å²) >= 11 is 0. The molecule has 0 bridgehead atoms. The van der Waals surface area contributed by atoms with Crippen LogP contribution in [-0.4, -0.2) is 25.9 Å². The van der Waals surface area contributed by atoms with Crippen molar-refractivity contribution in [3.63, 3.8) is 0 Å². The summed E-state index contributed by atoms with van der Waals surface area (Å²) < 4.78 is 5.64. The van der Waals surface area contributed by atoms with Crippen molar-refractivity contribution in [3.05, 3.63) is 48.7 Å². The number of hydrogen-bond acceptors (Lipinski definition) is 3. The Morgan fingerprint density at radius 2 is 2.33 bits per heavy atom. The lowest BCUT2D eigenvalue weighted by Crippen LogP contribution is -2.34. The van der Waals surface area contributed by atoms with Gasteiger partial charge in [0.05, 0.1) is 24.5 Å². The highest BCUT2D eigenvalue weighted by Gasteiger charge is 2.17. The molecule has 1 aromatic rings. The van der Waals surface area contributed by atoms with Crippen LogP contribution in [0.4, 0.5) is 5.69 Å². The number of allylic oxidation sites excluding steroid dienone is 2. The molecule has 3 heteroatoms. The van der Waals surface area contributed by atoms with E-state index in [1.807, 2.05) is 37.4 Å². The molecule has 1 aliphatic rings. The summed E-state index contributed by atoms with van der Waals surface area (Å²) in [7, 11) is 0. The fourth-order valence-corrected chi connectivity index (χ4v) is 2.02. The monoisotopic (exact) mass is 242 g/mol. The second-order valence-electron chi connectivity index (χ2n) is 4.02. The molecule has 18 heavy (non-hydrogen) atoms. The molecule has 0 N–H and O–H groups in total. The average Bonchev–Trinajstić information content (AvgIpc) is 2.40. The molecule has 0 saturated carbocycles. The Morgan fingerprint density at radius 3 is 3.11 bits per heavy atom. The maximum atomic E-state index is 5.64. The third-order valence-corrected chi connectivity index (χ3v) is 2.78. The van der Waals surface area contributed by atoms with Gasteiger partial charge in [-0.15, -0.1) is 0 Å². The molecule has 0 amide bonds. The van der Waals surface area contributed by atoms with Gasteiger partial charge in [-0.1, -0.05) is 24.8 Å². The number of anilines is 1. The average molecular weight is 242 g/mol. The molecular weight excluding hydrogens is 224 g/mol. The van der Waals surface area contributed by atoms with Gasteiger partial charge in [-0.3, -0.25) is 4.99 Å². The topological polar surface area (TPSA) is 24.8 Å². The Labute approximate surface area is 108 Å². The van der Waals surface area contributed by atoms with Crippen LogP contribution in [0.15, 0.2) is 53.7 Å². The van der Waals surface area contributed by atoms with Gasteiger partial charge in [0.1, 0.15) is 12.4 Å². The fraction of sp³-hybridized carbons (Fsp3) is 0.267. The summed E-state index contributed by atoms with van der Waals surface area (Å²) in [5, 5.41) is 0. The largest absolute Gasteiger partial charge is 0.490 e. The number of benzene rings is 1. The van der Waals surface area contributed by atoms with Crippen molar-refractivity contribution in [1.82, 2.24) is 0 Å². The lowest BCUT2D eigenvalue weighted by Gasteiger charge is -2.31. The summed E-state index contributed by atoms with van der Waals surface area (Å²) in [6.45, 7) is 8.02. The molecular formula is C15H18N2O. The van der Waals surface area contributed by atoms with E-state index in [2.05, 4.69) is 22.5 Å². The second-order valence-corrected chi connectivity index (χ2v) is 4.02. The van der Waals surface area contributed by atoms with Crippen LogP contribution in [0.1, 0.15) is 6.92 Å². The van der Waals surface area contributed by atoms with E-state index in [-0.39, 0.29) is 0 Å². The maximum absolute atomic E-state index is 5.64. The summed E-state index contributed by atoms with van der Waals surface area (Å²) in [5.74, 6) is 0.946. The molecule has 0 spiro atoms. The maximum Gasteiger partial charge on any atom is 0.142 e. The molecule has 0 atom stereocenters. The van der Waals surface area contributed by atoms with Gasteiger partial charge >= 0.3 is 0 Å². The van der Waals surface area contributed by atoms with Gasteiger partial charge in [0.15, 0.2) is 0 Å². The van der Waals surface area contributed by atoms with Gasteiger partial charge in [0, 0.05) is 6.21 Å². The van der Waals surface area contributed by atoms with E-state index in [1.54, 1.807) is 6.08 Å². The van der Waals surface area contributed by atoms with Crippen molar-refractivity contribution in [2.75, 3.05) is 24.6 Å². The minimum Gasteiger partial charge on any atom is -0.490 e. The first-order chi connectivity index (χ1) is 8.85. The molecule has 0 aromatic heterocycles. The second kappa shape index (κ2) is 6.05. The first kappa shape index (κ1) is 12.4. The molecule has 0 saturated heterocycles. The van der Waals surface area contributed by atoms with E-state index < -0.39 is 0 Å². The van der Waals surface area contributed by atoms with Gasteiger partial charge in [-0.25, -0.2) is 0 Å². The first-order valence-electron chi connectivity index (χ1n) is 6.12. The molecule has 1 aromatic carbocycles. The van der Waals surface area contributed by atoms with Gasteiger partial charge in [0.25, 0.3) is 0 Å². The molecule has 0 aliphatic carbocycles. The van der Waals surface area contributed by atoms with Gasteiger partial charge < -0.3 is 9.64 Å². The van der Waals surface area contributed by atoms with Crippen LogP contribution in [0.25, 0.3) is 0 Å². The molecule has 1 aliphatic heterocycles. The van der Waals surface area contributed by atoms with Crippen molar-refractivity contribution < 1.29 is 4.74 Å². The Bertz CT molecular complexity index is 477. The number of nitrogens with zero attached hydrogens (tertiary/aromatic N) is 2. The van der Waals surface area contributed by atoms with Gasteiger partial charge in [-0.05, 0) is 25.1 Å². The minimum atomic E-state index is 0.716. The van der Waals surface area contributed by atoms with Crippen LogP contribution in [0.2, 0.25) is 0 Å². The van der Waals surface area contributed by atoms with Crippen molar-refractivity contribution in [1.29, 1.82) is 0 Å². The van der Waals surface area contributed by atoms with E-state index >= 15 is 0 Å². The number of rotatable bonds is 4. The van der Waals surface area contributed by atoms with Crippen LogP contribution in [0, 0.1) is 0 Å². The number of hydrogen-bond donors (Lipinski definition) is 0. The van der Waals surface area contributed by atoms with Crippen molar-refractivity contribution in [2.45, 2.75) is 6.92 Å². The first-order valence-corrected chi connectivity index (χ1v) is 6.12. The third kappa shape index (κ3) is 2.80. The minimum absolute atomic E-state index is 0.716. The summed E-state index contributed by atoms with van der Waals surface area (Å²) in [6, 6.07) is 8.10. The molecule has 3 nitrogen and oxygen atoms in total. The zero-order chi connectivity index (χ0) is 12.8. The van der Waals surface area contributed by atoms with Crippen LogP contribution in [0.3, 0.4) is 0 Å². The number of fused-ring (bicyclic) bond motifs is 1. The lowest BCUT2D eigenvalue weighted by atomic mass is 10.2. The van der Waals surface area contributed by atoms with Crippen LogP contribution >= 0.6 is 0 Å². The Morgan fingerprint density at radius 1 is 1.50 bits per heavy atom. The number of aliphatic imine (C=N–C) groups is 1. The van der Waals surface area contributed by atoms with E-state index in [4.69, 9.17) is 4.74 Å². The number of para-hydroxylation sites is 2. The molecule has 0 radical (unpaired) electrons. The Kier molecular flexibility index (Phi) is 4.18. The van der Waals surface area contributed by atoms with Crippen molar-refractivity contribution in [2.24, 2.45) is 4.99 Å². The van der Waals surface area contributed by atoms with E-state index in [0.717, 1.165) is 30.2 Å². The van der Waals surface area contributed by atoms with Gasteiger partial charge in [0.2, 0.25) is 0 Å². The van der Waals surface area contributed by atoms with Crippen molar-refractivity contribution in [3.8, 4) is 5.75 Å². The van der Waals surface area contributed by atoms with E-state index in [1.165, 1.54) is 0 Å². The van der Waals surface area contributed by atoms with E-state index in [0.29, 0.717) is 6.61 Å². The highest BCUT2D eigenvalue weighted by Crippen LogP contribution is 2.31. The molecule has 0 unspecified atom stereocenters.